The summed E-state index contributed by atoms with van der Waals surface area (Å²) in [7, 11) is 0. The molecule has 24 heavy (non-hydrogen) atoms. The third-order valence-corrected chi connectivity index (χ3v) is 3.88. The Balaban J connectivity index is 1.63. The fourth-order valence-corrected chi connectivity index (χ4v) is 2.70. The zero-order valence-corrected chi connectivity index (χ0v) is 12.6. The summed E-state index contributed by atoms with van der Waals surface area (Å²) in [5, 5.41) is 0. The van der Waals surface area contributed by atoms with Gasteiger partial charge in [-0.3, -0.25) is 4.79 Å². The lowest BCUT2D eigenvalue weighted by molar-refractivity contribution is 0.0976. The molecule has 0 atom stereocenters. The highest BCUT2D eigenvalue weighted by molar-refractivity contribution is 6.07. The number of aromatic nitrogens is 1. The standard InChI is InChI=1S/C18H13FN2O3/c19-14-5-6-15-16(9-14)23-8-7-21(15)18(22)13-3-1-12(2-4-13)17-10-20-11-24-17/h1-6,9-11H,7-8H2. The minimum Gasteiger partial charge on any atom is -0.489 e. The second-order valence-electron chi connectivity index (χ2n) is 5.36. The van der Waals surface area contributed by atoms with Gasteiger partial charge in [0, 0.05) is 17.2 Å². The Morgan fingerprint density at radius 1 is 1.17 bits per heavy atom. The van der Waals surface area contributed by atoms with Gasteiger partial charge in [0.05, 0.1) is 18.4 Å². The van der Waals surface area contributed by atoms with E-state index >= 15 is 0 Å². The number of benzene rings is 2. The van der Waals surface area contributed by atoms with Crippen molar-refractivity contribution >= 4 is 11.6 Å². The maximum absolute atomic E-state index is 13.3. The molecule has 0 saturated heterocycles. The molecule has 1 aliphatic heterocycles. The molecule has 0 unspecified atom stereocenters. The Morgan fingerprint density at radius 3 is 2.75 bits per heavy atom. The van der Waals surface area contributed by atoms with Crippen LogP contribution >= 0.6 is 0 Å². The number of hydrogen-bond acceptors (Lipinski definition) is 4. The topological polar surface area (TPSA) is 55.6 Å². The summed E-state index contributed by atoms with van der Waals surface area (Å²) in [6, 6.07) is 11.3. The summed E-state index contributed by atoms with van der Waals surface area (Å²) in [4.78, 5) is 18.3. The second-order valence-corrected chi connectivity index (χ2v) is 5.36. The van der Waals surface area contributed by atoms with Crippen LogP contribution in [-0.4, -0.2) is 24.0 Å². The molecular formula is C18H13FN2O3. The van der Waals surface area contributed by atoms with Gasteiger partial charge in [0.1, 0.15) is 18.2 Å². The van der Waals surface area contributed by atoms with Gasteiger partial charge in [0.25, 0.3) is 5.91 Å². The number of halogens is 1. The molecule has 120 valence electrons. The predicted octanol–water partition coefficient (Wildman–Crippen LogP) is 3.52. The van der Waals surface area contributed by atoms with Gasteiger partial charge in [-0.15, -0.1) is 0 Å². The number of rotatable bonds is 2. The predicted molar refractivity (Wildman–Crippen MR) is 85.5 cm³/mol. The number of ether oxygens (including phenoxy) is 1. The second kappa shape index (κ2) is 5.81. The number of anilines is 1. The van der Waals surface area contributed by atoms with Gasteiger partial charge in [0.15, 0.2) is 12.2 Å². The van der Waals surface area contributed by atoms with Crippen molar-refractivity contribution in [3.05, 3.63) is 66.4 Å². The van der Waals surface area contributed by atoms with E-state index < -0.39 is 0 Å². The van der Waals surface area contributed by atoms with Gasteiger partial charge in [-0.25, -0.2) is 9.37 Å². The van der Waals surface area contributed by atoms with Crippen molar-refractivity contribution in [1.82, 2.24) is 4.98 Å². The monoisotopic (exact) mass is 324 g/mol. The zero-order chi connectivity index (χ0) is 16.5. The van der Waals surface area contributed by atoms with Crippen molar-refractivity contribution in [2.45, 2.75) is 0 Å². The molecule has 5 nitrogen and oxygen atoms in total. The molecule has 6 heteroatoms. The lowest BCUT2D eigenvalue weighted by atomic mass is 10.1. The molecule has 0 radical (unpaired) electrons. The normalized spacial score (nSPS) is 13.3. The van der Waals surface area contributed by atoms with Crippen LogP contribution in [0.15, 0.2) is 59.5 Å². The lowest BCUT2D eigenvalue weighted by Gasteiger charge is -2.29. The van der Waals surface area contributed by atoms with E-state index in [-0.39, 0.29) is 11.7 Å². The molecule has 0 fully saturated rings. The maximum atomic E-state index is 13.3. The molecule has 4 rings (SSSR count). The van der Waals surface area contributed by atoms with Crippen LogP contribution in [0.4, 0.5) is 10.1 Å². The molecule has 0 aliphatic carbocycles. The van der Waals surface area contributed by atoms with E-state index in [0.717, 1.165) is 5.56 Å². The van der Waals surface area contributed by atoms with E-state index in [0.29, 0.717) is 35.9 Å². The Hall–Kier alpha value is -3.15. The van der Waals surface area contributed by atoms with Gasteiger partial charge in [-0.2, -0.15) is 0 Å². The van der Waals surface area contributed by atoms with E-state index in [1.807, 2.05) is 0 Å². The Kier molecular flexibility index (Phi) is 3.49. The van der Waals surface area contributed by atoms with Crippen molar-refractivity contribution in [2.75, 3.05) is 18.1 Å². The molecule has 2 aromatic carbocycles. The molecule has 0 bridgehead atoms. The molecule has 3 aromatic rings. The Morgan fingerprint density at radius 2 is 2.00 bits per heavy atom. The number of nitrogens with zero attached hydrogens (tertiary/aromatic N) is 2. The van der Waals surface area contributed by atoms with E-state index in [1.165, 1.54) is 18.5 Å². The van der Waals surface area contributed by atoms with Crippen LogP contribution < -0.4 is 9.64 Å². The highest BCUT2D eigenvalue weighted by Gasteiger charge is 2.25. The largest absolute Gasteiger partial charge is 0.489 e. The van der Waals surface area contributed by atoms with Gasteiger partial charge in [-0.05, 0) is 24.3 Å². The third kappa shape index (κ3) is 2.52. The first kappa shape index (κ1) is 14.4. The lowest BCUT2D eigenvalue weighted by Crippen LogP contribution is -2.38. The van der Waals surface area contributed by atoms with E-state index in [1.54, 1.807) is 41.4 Å². The molecule has 1 amide bonds. The number of carbonyl (C=O) groups excluding carboxylic acids is 1. The van der Waals surface area contributed by atoms with Crippen molar-refractivity contribution in [1.29, 1.82) is 0 Å². The number of carbonyl (C=O) groups is 1. The van der Waals surface area contributed by atoms with Crippen molar-refractivity contribution in [3.63, 3.8) is 0 Å². The summed E-state index contributed by atoms with van der Waals surface area (Å²) in [5.41, 5.74) is 1.95. The minimum absolute atomic E-state index is 0.157. The maximum Gasteiger partial charge on any atom is 0.258 e. The number of fused-ring (bicyclic) bond motifs is 1. The molecule has 0 saturated carbocycles. The molecule has 1 aliphatic rings. The third-order valence-electron chi connectivity index (χ3n) is 3.88. The van der Waals surface area contributed by atoms with Gasteiger partial charge < -0.3 is 14.1 Å². The van der Waals surface area contributed by atoms with Crippen LogP contribution in [0.3, 0.4) is 0 Å². The fraction of sp³-hybridized carbons (Fsp3) is 0.111. The molecule has 0 N–H and O–H groups in total. The average molecular weight is 324 g/mol. The van der Waals surface area contributed by atoms with Crippen LogP contribution in [0.5, 0.6) is 5.75 Å². The molecular weight excluding hydrogens is 311 g/mol. The van der Waals surface area contributed by atoms with Crippen molar-refractivity contribution in [2.24, 2.45) is 0 Å². The van der Waals surface area contributed by atoms with Crippen LogP contribution in [0, 0.1) is 5.82 Å². The van der Waals surface area contributed by atoms with Crippen molar-refractivity contribution in [3.8, 4) is 17.1 Å². The quantitative estimate of drug-likeness (QED) is 0.724. The van der Waals surface area contributed by atoms with E-state index in [4.69, 9.17) is 9.15 Å². The van der Waals surface area contributed by atoms with Gasteiger partial charge >= 0.3 is 0 Å². The molecule has 2 heterocycles. The van der Waals surface area contributed by atoms with Gasteiger partial charge in [0.2, 0.25) is 0 Å². The van der Waals surface area contributed by atoms with E-state index in [9.17, 15) is 9.18 Å². The minimum atomic E-state index is -0.389. The summed E-state index contributed by atoms with van der Waals surface area (Å²) >= 11 is 0. The first-order valence-corrected chi connectivity index (χ1v) is 7.45. The van der Waals surface area contributed by atoms with E-state index in [2.05, 4.69) is 4.98 Å². The fourth-order valence-electron chi connectivity index (χ4n) is 2.70. The molecule has 0 spiro atoms. The summed E-state index contributed by atoms with van der Waals surface area (Å²) in [6.07, 6.45) is 2.97. The Bertz CT molecular complexity index is 876. The SMILES string of the molecule is O=C(c1ccc(-c2cnco2)cc1)N1CCOc2cc(F)ccc21. The Labute approximate surface area is 137 Å². The van der Waals surface area contributed by atoms with Crippen LogP contribution in [-0.2, 0) is 0 Å². The summed E-state index contributed by atoms with van der Waals surface area (Å²) in [5.74, 6) is 0.476. The van der Waals surface area contributed by atoms with Crippen LogP contribution in [0.2, 0.25) is 0 Å². The van der Waals surface area contributed by atoms with Gasteiger partial charge in [-0.1, -0.05) is 12.1 Å². The first-order chi connectivity index (χ1) is 11.7. The number of oxazole rings is 1. The first-order valence-electron chi connectivity index (χ1n) is 7.45. The van der Waals surface area contributed by atoms with Crippen LogP contribution in [0.1, 0.15) is 10.4 Å². The smallest absolute Gasteiger partial charge is 0.258 e. The van der Waals surface area contributed by atoms with Crippen LogP contribution in [0.25, 0.3) is 11.3 Å². The average Bonchev–Trinajstić information content (AvgIpc) is 3.15. The highest BCUT2D eigenvalue weighted by atomic mass is 19.1. The summed E-state index contributed by atoms with van der Waals surface area (Å²) in [6.45, 7) is 0.750. The molecule has 1 aromatic heterocycles. The van der Waals surface area contributed by atoms with Crippen molar-refractivity contribution < 1.29 is 18.3 Å². The number of hydrogen-bond donors (Lipinski definition) is 0. The zero-order valence-electron chi connectivity index (χ0n) is 12.6. The highest BCUT2D eigenvalue weighted by Crippen LogP contribution is 2.33. The number of amides is 1. The summed E-state index contributed by atoms with van der Waals surface area (Å²) < 4.78 is 24.0.